The van der Waals surface area contributed by atoms with Crippen LogP contribution in [0.2, 0.25) is 0 Å². The van der Waals surface area contributed by atoms with Crippen LogP contribution in [-0.2, 0) is 0 Å². The van der Waals surface area contributed by atoms with E-state index in [4.69, 9.17) is 10.5 Å². The van der Waals surface area contributed by atoms with Crippen LogP contribution in [-0.4, -0.2) is 12.1 Å². The highest BCUT2D eigenvalue weighted by atomic mass is 79.9. The fraction of sp³-hybridized carbons (Fsp3) is 0.308. The van der Waals surface area contributed by atoms with Crippen LogP contribution in [0.1, 0.15) is 23.5 Å². The number of ether oxygens (including phenoxy) is 1. The molecule has 0 aliphatic heterocycles. The molecule has 1 heterocycles. The van der Waals surface area contributed by atoms with Gasteiger partial charge in [-0.3, -0.25) is 0 Å². The molecule has 0 fully saturated rings. The molecule has 0 bridgehead atoms. The number of nitrogens with two attached hydrogens (primary N) is 1. The maximum absolute atomic E-state index is 5.92. The van der Waals surface area contributed by atoms with Crippen LogP contribution >= 0.6 is 27.3 Å². The number of nitrogens with zero attached hydrogens (tertiary/aromatic N) is 1. The first kappa shape index (κ1) is 13.5. The number of halogens is 1. The fourth-order valence-corrected chi connectivity index (χ4v) is 3.31. The topological polar surface area (TPSA) is 48.1 Å². The van der Waals surface area contributed by atoms with Crippen molar-refractivity contribution >= 4 is 27.3 Å². The molecule has 0 amide bonds. The number of hydrogen-bond acceptors (Lipinski definition) is 4. The first-order valence-electron chi connectivity index (χ1n) is 5.59. The summed E-state index contributed by atoms with van der Waals surface area (Å²) in [5.74, 6) is 0.819. The average Bonchev–Trinajstić information content (AvgIpc) is 2.71. The normalized spacial score (nSPS) is 12.5. The SMILES string of the molecule is COc1ccc(-c2nc(C)c(C(C)N)s2)cc1Br. The van der Waals surface area contributed by atoms with E-state index in [1.54, 1.807) is 18.4 Å². The van der Waals surface area contributed by atoms with Gasteiger partial charge in [-0.15, -0.1) is 11.3 Å². The van der Waals surface area contributed by atoms with Gasteiger partial charge in [0.25, 0.3) is 0 Å². The molecular formula is C13H15BrN2OS. The highest BCUT2D eigenvalue weighted by Gasteiger charge is 2.13. The molecule has 0 aliphatic carbocycles. The fourth-order valence-electron chi connectivity index (χ4n) is 1.75. The van der Waals surface area contributed by atoms with E-state index in [9.17, 15) is 0 Å². The molecule has 96 valence electrons. The zero-order valence-corrected chi connectivity index (χ0v) is 12.9. The van der Waals surface area contributed by atoms with Crippen LogP contribution in [0.5, 0.6) is 5.75 Å². The third-order valence-corrected chi connectivity index (χ3v) is 4.67. The van der Waals surface area contributed by atoms with Gasteiger partial charge in [-0.05, 0) is 48.0 Å². The number of rotatable bonds is 3. The lowest BCUT2D eigenvalue weighted by Gasteiger charge is -2.04. The van der Waals surface area contributed by atoms with Crippen molar-refractivity contribution in [1.29, 1.82) is 0 Å². The monoisotopic (exact) mass is 326 g/mol. The van der Waals surface area contributed by atoms with Crippen molar-refractivity contribution < 1.29 is 4.74 Å². The molecule has 0 spiro atoms. The molecule has 5 heteroatoms. The third-order valence-electron chi connectivity index (χ3n) is 2.64. The Morgan fingerprint density at radius 2 is 2.17 bits per heavy atom. The van der Waals surface area contributed by atoms with Gasteiger partial charge in [0.2, 0.25) is 0 Å². The summed E-state index contributed by atoms with van der Waals surface area (Å²) in [6, 6.07) is 5.98. The Bertz CT molecular complexity index is 566. The van der Waals surface area contributed by atoms with E-state index in [1.807, 2.05) is 32.0 Å². The second kappa shape index (κ2) is 5.38. The van der Waals surface area contributed by atoms with Crippen molar-refractivity contribution in [3.8, 4) is 16.3 Å². The van der Waals surface area contributed by atoms with Crippen LogP contribution in [0.25, 0.3) is 10.6 Å². The number of hydrogen-bond donors (Lipinski definition) is 1. The highest BCUT2D eigenvalue weighted by Crippen LogP contribution is 2.34. The highest BCUT2D eigenvalue weighted by molar-refractivity contribution is 9.10. The summed E-state index contributed by atoms with van der Waals surface area (Å²) < 4.78 is 6.15. The molecule has 18 heavy (non-hydrogen) atoms. The van der Waals surface area contributed by atoms with Crippen molar-refractivity contribution in [1.82, 2.24) is 4.98 Å². The molecule has 2 N–H and O–H groups in total. The third kappa shape index (κ3) is 2.58. The lowest BCUT2D eigenvalue weighted by atomic mass is 10.2. The average molecular weight is 327 g/mol. The quantitative estimate of drug-likeness (QED) is 0.930. The van der Waals surface area contributed by atoms with Gasteiger partial charge in [0.1, 0.15) is 10.8 Å². The Balaban J connectivity index is 2.43. The van der Waals surface area contributed by atoms with Gasteiger partial charge in [-0.25, -0.2) is 4.98 Å². The van der Waals surface area contributed by atoms with E-state index in [0.29, 0.717) is 0 Å². The van der Waals surface area contributed by atoms with Crippen molar-refractivity contribution in [2.75, 3.05) is 7.11 Å². The number of aryl methyl sites for hydroxylation is 1. The van der Waals surface area contributed by atoms with Gasteiger partial charge in [-0.2, -0.15) is 0 Å². The standard InChI is InChI=1S/C13H15BrN2OS/c1-7(15)12-8(2)16-13(18-12)9-4-5-11(17-3)10(14)6-9/h4-7H,15H2,1-3H3. The predicted octanol–water partition coefficient (Wildman–Crippen LogP) is 3.91. The van der Waals surface area contributed by atoms with Crippen LogP contribution in [0.3, 0.4) is 0 Å². The summed E-state index contributed by atoms with van der Waals surface area (Å²) in [7, 11) is 1.65. The first-order valence-corrected chi connectivity index (χ1v) is 7.20. The summed E-state index contributed by atoms with van der Waals surface area (Å²) in [4.78, 5) is 5.71. The molecular weight excluding hydrogens is 312 g/mol. The molecule has 2 rings (SSSR count). The Kier molecular flexibility index (Phi) is 4.04. The minimum Gasteiger partial charge on any atom is -0.496 e. The van der Waals surface area contributed by atoms with Crippen molar-refractivity contribution in [3.63, 3.8) is 0 Å². The van der Waals surface area contributed by atoms with Crippen molar-refractivity contribution in [3.05, 3.63) is 33.2 Å². The predicted molar refractivity (Wildman–Crippen MR) is 79.1 cm³/mol. The number of methoxy groups -OCH3 is 1. The summed E-state index contributed by atoms with van der Waals surface area (Å²) in [6.07, 6.45) is 0. The molecule has 1 unspecified atom stereocenters. The zero-order valence-electron chi connectivity index (χ0n) is 10.5. The summed E-state index contributed by atoms with van der Waals surface area (Å²) >= 11 is 5.13. The van der Waals surface area contributed by atoms with Crippen molar-refractivity contribution in [2.45, 2.75) is 19.9 Å². The summed E-state index contributed by atoms with van der Waals surface area (Å²) in [6.45, 7) is 3.98. The molecule has 0 saturated carbocycles. The van der Waals surface area contributed by atoms with Crippen LogP contribution in [0.4, 0.5) is 0 Å². The largest absolute Gasteiger partial charge is 0.496 e. The molecule has 1 aromatic carbocycles. The molecule has 0 aliphatic rings. The molecule has 3 nitrogen and oxygen atoms in total. The Morgan fingerprint density at radius 3 is 2.67 bits per heavy atom. The lowest BCUT2D eigenvalue weighted by molar-refractivity contribution is 0.412. The molecule has 1 atom stereocenters. The van der Waals surface area contributed by atoms with Crippen LogP contribution in [0.15, 0.2) is 22.7 Å². The minimum atomic E-state index is 0.0259. The zero-order chi connectivity index (χ0) is 13.3. The molecule has 1 aromatic heterocycles. The Hall–Kier alpha value is -0.910. The lowest BCUT2D eigenvalue weighted by Crippen LogP contribution is -2.03. The Labute approximate surface area is 119 Å². The van der Waals surface area contributed by atoms with E-state index < -0.39 is 0 Å². The van der Waals surface area contributed by atoms with E-state index in [0.717, 1.165) is 31.4 Å². The smallest absolute Gasteiger partial charge is 0.133 e. The number of aromatic nitrogens is 1. The second-order valence-corrected chi connectivity index (χ2v) is 5.99. The molecule has 0 saturated heterocycles. The molecule has 2 aromatic rings. The number of benzene rings is 1. The van der Waals surface area contributed by atoms with Crippen LogP contribution in [0, 0.1) is 6.92 Å². The number of thiazole rings is 1. The van der Waals surface area contributed by atoms with Gasteiger partial charge >= 0.3 is 0 Å². The Morgan fingerprint density at radius 1 is 1.44 bits per heavy atom. The first-order chi connectivity index (χ1) is 8.52. The summed E-state index contributed by atoms with van der Waals surface area (Å²) in [5, 5.41) is 0.989. The van der Waals surface area contributed by atoms with Crippen molar-refractivity contribution in [2.24, 2.45) is 5.73 Å². The van der Waals surface area contributed by atoms with Crippen LogP contribution < -0.4 is 10.5 Å². The van der Waals surface area contributed by atoms with Gasteiger partial charge in [0, 0.05) is 16.5 Å². The minimum absolute atomic E-state index is 0.0259. The van der Waals surface area contributed by atoms with Gasteiger partial charge in [0.05, 0.1) is 17.3 Å². The maximum atomic E-state index is 5.92. The van der Waals surface area contributed by atoms with E-state index in [1.165, 1.54) is 0 Å². The van der Waals surface area contributed by atoms with E-state index >= 15 is 0 Å². The maximum Gasteiger partial charge on any atom is 0.133 e. The summed E-state index contributed by atoms with van der Waals surface area (Å²) in [5.41, 5.74) is 8.01. The van der Waals surface area contributed by atoms with Gasteiger partial charge in [-0.1, -0.05) is 0 Å². The van der Waals surface area contributed by atoms with E-state index in [2.05, 4.69) is 20.9 Å². The van der Waals surface area contributed by atoms with Gasteiger partial charge in [0.15, 0.2) is 0 Å². The van der Waals surface area contributed by atoms with Gasteiger partial charge < -0.3 is 10.5 Å². The van der Waals surface area contributed by atoms with E-state index in [-0.39, 0.29) is 6.04 Å². The molecule has 0 radical (unpaired) electrons. The second-order valence-electron chi connectivity index (χ2n) is 4.11.